The second-order valence-corrected chi connectivity index (χ2v) is 8.81. The summed E-state index contributed by atoms with van der Waals surface area (Å²) in [4.78, 5) is 17.5. The lowest BCUT2D eigenvalue weighted by Gasteiger charge is -2.34. The van der Waals surface area contributed by atoms with Gasteiger partial charge in [-0.05, 0) is 48.1 Å². The van der Waals surface area contributed by atoms with E-state index < -0.39 is 41.2 Å². The summed E-state index contributed by atoms with van der Waals surface area (Å²) >= 11 is 0. The Morgan fingerprint density at radius 3 is 2.28 bits per heavy atom. The van der Waals surface area contributed by atoms with E-state index in [9.17, 15) is 31.1 Å². The molecule has 36 heavy (non-hydrogen) atoms. The highest BCUT2D eigenvalue weighted by Gasteiger charge is 2.39. The van der Waals surface area contributed by atoms with E-state index in [2.05, 4.69) is 10.3 Å². The number of rotatable bonds is 4. The van der Waals surface area contributed by atoms with Crippen LogP contribution in [-0.4, -0.2) is 28.0 Å². The van der Waals surface area contributed by atoms with Crippen molar-refractivity contribution in [2.75, 3.05) is 0 Å². The van der Waals surface area contributed by atoms with Gasteiger partial charge in [0.15, 0.2) is 11.6 Å². The molecular formula is C26H19F6N3O. The zero-order valence-corrected chi connectivity index (χ0v) is 18.7. The summed E-state index contributed by atoms with van der Waals surface area (Å²) < 4.78 is 82.2. The summed E-state index contributed by atoms with van der Waals surface area (Å²) in [5, 5.41) is 2.56. The van der Waals surface area contributed by atoms with Crippen molar-refractivity contribution in [1.82, 2.24) is 15.2 Å². The summed E-state index contributed by atoms with van der Waals surface area (Å²) in [7, 11) is 0. The number of nitrogens with zero attached hydrogens (tertiary/aromatic N) is 2. The van der Waals surface area contributed by atoms with Crippen LogP contribution >= 0.6 is 0 Å². The Morgan fingerprint density at radius 2 is 1.58 bits per heavy atom. The van der Waals surface area contributed by atoms with E-state index in [-0.39, 0.29) is 35.3 Å². The van der Waals surface area contributed by atoms with E-state index in [1.165, 1.54) is 12.1 Å². The van der Waals surface area contributed by atoms with E-state index >= 15 is 0 Å². The Bertz CT molecular complexity index is 1370. The third-order valence-corrected chi connectivity index (χ3v) is 6.56. The number of fused-ring (bicyclic) bond motifs is 2. The van der Waals surface area contributed by atoms with Crippen molar-refractivity contribution in [3.05, 3.63) is 94.8 Å². The maximum Gasteiger partial charge on any atom is 0.318 e. The largest absolute Gasteiger partial charge is 0.334 e. The minimum absolute atomic E-state index is 0.0297. The van der Waals surface area contributed by atoms with Crippen LogP contribution < -0.4 is 5.32 Å². The molecule has 10 heteroatoms. The molecule has 0 aliphatic carbocycles. The third kappa shape index (κ3) is 4.55. The number of carbonyl (C=O) groups is 1. The minimum Gasteiger partial charge on any atom is -0.334 e. The molecule has 1 fully saturated rings. The van der Waals surface area contributed by atoms with Gasteiger partial charge in [0.1, 0.15) is 11.6 Å². The first kappa shape index (κ1) is 23.9. The highest BCUT2D eigenvalue weighted by atomic mass is 19.2. The molecule has 2 atom stereocenters. The van der Waals surface area contributed by atoms with E-state index in [0.29, 0.717) is 37.0 Å². The van der Waals surface area contributed by atoms with Gasteiger partial charge in [0, 0.05) is 41.9 Å². The van der Waals surface area contributed by atoms with Crippen LogP contribution in [0.2, 0.25) is 0 Å². The molecule has 186 valence electrons. The van der Waals surface area contributed by atoms with Gasteiger partial charge in [0.05, 0.1) is 6.04 Å². The molecule has 4 nitrogen and oxygen atoms in total. The van der Waals surface area contributed by atoms with Crippen molar-refractivity contribution in [2.45, 2.75) is 37.9 Å². The number of amides is 2. The van der Waals surface area contributed by atoms with Crippen molar-refractivity contribution in [3.8, 4) is 11.1 Å². The number of hydrogen-bond donors (Lipinski definition) is 1. The van der Waals surface area contributed by atoms with Gasteiger partial charge < -0.3 is 10.2 Å². The molecule has 2 unspecified atom stereocenters. The quantitative estimate of drug-likeness (QED) is 0.265. The van der Waals surface area contributed by atoms with Gasteiger partial charge >= 0.3 is 6.03 Å². The van der Waals surface area contributed by atoms with Gasteiger partial charge in [0.2, 0.25) is 11.9 Å². The Kier molecular flexibility index (Phi) is 6.19. The molecule has 2 bridgehead atoms. The molecule has 0 radical (unpaired) electrons. The average molecular weight is 503 g/mol. The fraction of sp³-hybridized carbons (Fsp3) is 0.231. The fourth-order valence-corrected chi connectivity index (χ4v) is 4.89. The van der Waals surface area contributed by atoms with Gasteiger partial charge in [-0.15, -0.1) is 0 Å². The predicted molar refractivity (Wildman–Crippen MR) is 119 cm³/mol. The van der Waals surface area contributed by atoms with E-state index in [1.807, 2.05) is 6.08 Å². The van der Waals surface area contributed by atoms with Crippen LogP contribution in [0.25, 0.3) is 16.7 Å². The van der Waals surface area contributed by atoms with E-state index in [4.69, 9.17) is 0 Å². The summed E-state index contributed by atoms with van der Waals surface area (Å²) in [6.45, 7) is -0.308. The fourth-order valence-electron chi connectivity index (χ4n) is 4.89. The average Bonchev–Trinajstić information content (AvgIpc) is 3.09. The molecule has 2 aromatic carbocycles. The number of pyridine rings is 1. The first-order valence-corrected chi connectivity index (χ1v) is 11.2. The van der Waals surface area contributed by atoms with Crippen molar-refractivity contribution in [2.24, 2.45) is 0 Å². The Labute approximate surface area is 202 Å². The highest BCUT2D eigenvalue weighted by Crippen LogP contribution is 2.39. The lowest BCUT2D eigenvalue weighted by Crippen LogP contribution is -2.48. The SMILES string of the molecule is O=C(NCc1cc(F)c(F)cc1F)N1C2C=C(c3ccc(-c4cc(F)nc(F)c4)c(F)c3)CC1CC2. The number of nitrogens with one attached hydrogen (secondary N) is 1. The third-order valence-electron chi connectivity index (χ3n) is 6.56. The Hall–Kier alpha value is -3.82. The standard InChI is InChI=1S/C26H19F6N3O/c27-20-11-23(30)22(29)8-16(20)12-33-26(36)35-17-2-3-18(35)6-14(5-17)13-1-4-19(21(28)7-13)15-9-24(31)34-25(32)10-15/h1,4-5,7-11,17-18H,2-3,6,12H2,(H,33,36). The van der Waals surface area contributed by atoms with E-state index in [1.54, 1.807) is 11.0 Å². The maximum absolute atomic E-state index is 14.9. The summed E-state index contributed by atoms with van der Waals surface area (Å²) in [5.74, 6) is -6.22. The number of benzene rings is 2. The predicted octanol–water partition coefficient (Wildman–Crippen LogP) is 6.11. The van der Waals surface area contributed by atoms with Crippen molar-refractivity contribution < 1.29 is 31.1 Å². The first-order valence-electron chi connectivity index (χ1n) is 11.2. The van der Waals surface area contributed by atoms with Gasteiger partial charge in [-0.1, -0.05) is 18.2 Å². The number of hydrogen-bond acceptors (Lipinski definition) is 2. The molecule has 3 aromatic rings. The van der Waals surface area contributed by atoms with Crippen LogP contribution in [-0.2, 0) is 6.54 Å². The molecule has 0 spiro atoms. The molecule has 1 N–H and O–H groups in total. The topological polar surface area (TPSA) is 45.2 Å². The van der Waals surface area contributed by atoms with Crippen molar-refractivity contribution in [1.29, 1.82) is 0 Å². The lowest BCUT2D eigenvalue weighted by molar-refractivity contribution is 0.179. The normalized spacial score (nSPS) is 18.8. The van der Waals surface area contributed by atoms with E-state index in [0.717, 1.165) is 17.7 Å². The monoisotopic (exact) mass is 503 g/mol. The molecule has 1 saturated heterocycles. The molecule has 5 rings (SSSR count). The molecule has 2 amide bonds. The molecule has 2 aliphatic heterocycles. The van der Waals surface area contributed by atoms with Gasteiger partial charge in [-0.2, -0.15) is 13.8 Å². The Morgan fingerprint density at radius 1 is 0.861 bits per heavy atom. The van der Waals surface area contributed by atoms with Gasteiger partial charge in [0.25, 0.3) is 0 Å². The van der Waals surface area contributed by atoms with Gasteiger partial charge in [-0.3, -0.25) is 0 Å². The summed E-state index contributed by atoms with van der Waals surface area (Å²) in [6.07, 6.45) is 3.69. The molecule has 2 aliphatic rings. The zero-order chi connectivity index (χ0) is 25.6. The molecule has 0 saturated carbocycles. The van der Waals surface area contributed by atoms with Crippen LogP contribution in [0.1, 0.15) is 30.4 Å². The zero-order valence-electron chi connectivity index (χ0n) is 18.7. The van der Waals surface area contributed by atoms with Crippen LogP contribution in [0.4, 0.5) is 31.1 Å². The van der Waals surface area contributed by atoms with Gasteiger partial charge in [-0.25, -0.2) is 22.4 Å². The second-order valence-electron chi connectivity index (χ2n) is 8.81. The molecule has 3 heterocycles. The first-order chi connectivity index (χ1) is 17.2. The van der Waals surface area contributed by atoms with Crippen LogP contribution in [0.15, 0.2) is 48.5 Å². The summed E-state index contributed by atoms with van der Waals surface area (Å²) in [5.41, 5.74) is 1.31. The minimum atomic E-state index is -1.31. The summed E-state index contributed by atoms with van der Waals surface area (Å²) in [6, 6.07) is 6.49. The van der Waals surface area contributed by atoms with Crippen molar-refractivity contribution >= 4 is 11.6 Å². The maximum atomic E-state index is 14.9. The highest BCUT2D eigenvalue weighted by molar-refractivity contribution is 5.79. The number of urea groups is 1. The molecule has 1 aromatic heterocycles. The second kappa shape index (κ2) is 9.33. The van der Waals surface area contributed by atoms with Crippen molar-refractivity contribution in [3.63, 3.8) is 0 Å². The van der Waals surface area contributed by atoms with Crippen LogP contribution in [0, 0.1) is 35.2 Å². The number of halogens is 6. The Balaban J connectivity index is 1.32. The number of carbonyl (C=O) groups excluding carboxylic acids is 1. The molecular weight excluding hydrogens is 484 g/mol. The smallest absolute Gasteiger partial charge is 0.318 e. The van der Waals surface area contributed by atoms with Crippen LogP contribution in [0.3, 0.4) is 0 Å². The lowest BCUT2D eigenvalue weighted by atomic mass is 9.93. The number of aromatic nitrogens is 1. The van der Waals surface area contributed by atoms with Crippen LogP contribution in [0.5, 0.6) is 0 Å².